The minimum atomic E-state index is 0.00635. The second-order valence-corrected chi connectivity index (χ2v) is 19.7. The minimum absolute atomic E-state index is 0.00635. The topological polar surface area (TPSA) is 15.7 Å². The van der Waals surface area contributed by atoms with Gasteiger partial charge in [-0.25, -0.2) is 0 Å². The van der Waals surface area contributed by atoms with Gasteiger partial charge < -0.3 is 14.5 Å². The molecule has 4 aliphatic rings. The van der Waals surface area contributed by atoms with E-state index in [4.69, 9.17) is 4.74 Å². The van der Waals surface area contributed by atoms with E-state index in [1.165, 1.54) is 91.7 Å². The van der Waals surface area contributed by atoms with Crippen LogP contribution in [-0.4, -0.2) is 13.4 Å². The van der Waals surface area contributed by atoms with Crippen LogP contribution in [0.15, 0.2) is 250 Å². The molecule has 0 saturated carbocycles. The van der Waals surface area contributed by atoms with E-state index in [9.17, 15) is 0 Å². The molecule has 4 heterocycles. The van der Waals surface area contributed by atoms with Crippen LogP contribution < -0.4 is 47.3 Å². The second kappa shape index (κ2) is 15.5. The maximum absolute atomic E-state index is 7.29. The van der Waals surface area contributed by atoms with Gasteiger partial charge in [0.15, 0.2) is 0 Å². The van der Waals surface area contributed by atoms with E-state index in [-0.39, 0.29) is 13.4 Å². The first kappa shape index (κ1) is 38.7. The van der Waals surface area contributed by atoms with Crippen LogP contribution >= 0.6 is 23.5 Å². The summed E-state index contributed by atoms with van der Waals surface area (Å²) in [5.41, 5.74) is 19.4. The van der Waals surface area contributed by atoms with Gasteiger partial charge in [0.1, 0.15) is 11.5 Å². The molecule has 0 saturated heterocycles. The predicted molar refractivity (Wildman–Crippen MR) is 284 cm³/mol. The van der Waals surface area contributed by atoms with Crippen LogP contribution in [0.4, 0.5) is 34.1 Å². The van der Waals surface area contributed by atoms with Crippen LogP contribution in [0.25, 0.3) is 22.3 Å². The molecular formula is C60H38B2N2OS2. The van der Waals surface area contributed by atoms with E-state index in [2.05, 4.69) is 240 Å². The molecule has 67 heavy (non-hydrogen) atoms. The molecule has 3 nitrogen and oxygen atoms in total. The van der Waals surface area contributed by atoms with Crippen LogP contribution in [0.3, 0.4) is 0 Å². The van der Waals surface area contributed by atoms with Gasteiger partial charge in [-0.3, -0.25) is 0 Å². The van der Waals surface area contributed by atoms with E-state index < -0.39 is 0 Å². The smallest absolute Gasteiger partial charge is 0.253 e. The van der Waals surface area contributed by atoms with E-state index in [0.717, 1.165) is 28.6 Å². The number of benzene rings is 10. The Kier molecular flexibility index (Phi) is 8.96. The van der Waals surface area contributed by atoms with E-state index in [1.54, 1.807) is 0 Å². The third-order valence-electron chi connectivity index (χ3n) is 13.8. The monoisotopic (exact) mass is 888 g/mol. The van der Waals surface area contributed by atoms with E-state index in [0.29, 0.717) is 0 Å². The molecule has 0 atom stereocenters. The molecule has 0 unspecified atom stereocenters. The van der Waals surface area contributed by atoms with Crippen LogP contribution in [0.1, 0.15) is 0 Å². The molecule has 0 bridgehead atoms. The summed E-state index contributed by atoms with van der Waals surface area (Å²) in [7, 11) is 0. The van der Waals surface area contributed by atoms with Gasteiger partial charge in [-0.2, -0.15) is 0 Å². The third kappa shape index (κ3) is 6.19. The van der Waals surface area contributed by atoms with Crippen LogP contribution in [0.2, 0.25) is 0 Å². The Morgan fingerprint density at radius 3 is 1.67 bits per heavy atom. The Morgan fingerprint density at radius 2 is 0.925 bits per heavy atom. The Labute approximate surface area is 399 Å². The summed E-state index contributed by atoms with van der Waals surface area (Å²) in [5.74, 6) is 1.83. The summed E-state index contributed by atoms with van der Waals surface area (Å²) in [6, 6.07) is 84.3. The summed E-state index contributed by atoms with van der Waals surface area (Å²) < 4.78 is 7.29. The molecule has 0 amide bonds. The molecule has 0 radical (unpaired) electrons. The van der Waals surface area contributed by atoms with E-state index >= 15 is 0 Å². The van der Waals surface area contributed by atoms with Crippen molar-refractivity contribution in [2.45, 2.75) is 19.6 Å². The summed E-state index contributed by atoms with van der Waals surface area (Å²) in [5, 5.41) is 0. The van der Waals surface area contributed by atoms with Gasteiger partial charge in [-0.1, -0.05) is 192 Å². The van der Waals surface area contributed by atoms with Crippen molar-refractivity contribution < 1.29 is 4.74 Å². The van der Waals surface area contributed by atoms with Crippen molar-refractivity contribution in [1.29, 1.82) is 0 Å². The number of fused-ring (bicyclic) bond motifs is 8. The normalized spacial score (nSPS) is 13.3. The number of hydrogen-bond donors (Lipinski definition) is 0. The van der Waals surface area contributed by atoms with Crippen molar-refractivity contribution in [3.8, 4) is 33.8 Å². The highest BCUT2D eigenvalue weighted by atomic mass is 32.2. The van der Waals surface area contributed by atoms with Gasteiger partial charge in [-0.05, 0) is 105 Å². The standard InChI is InChI=1S/C60H38B2N2OS2/c1-5-19-39(20-6-1)41-33-52-59-57(34-41)67-56-38-53-48(37-49(56)61(59)46-28-14-17-31-51(46)64(52)50-30-16-13-27-45(50)40-21-7-2-8-22-40)62-47-29-15-18-32-55(47)66-58-36-44(35-54(65-53)60(58)62)63(42-23-9-3-10-24-42)43-25-11-4-12-26-43/h1-38H. The zero-order valence-corrected chi connectivity index (χ0v) is 37.8. The zero-order chi connectivity index (χ0) is 44.0. The van der Waals surface area contributed by atoms with Crippen LogP contribution in [0.5, 0.6) is 11.5 Å². The lowest BCUT2D eigenvalue weighted by atomic mass is 9.32. The number of nitrogens with zero attached hydrogens (tertiary/aromatic N) is 2. The first-order valence-electron chi connectivity index (χ1n) is 22.9. The highest BCUT2D eigenvalue weighted by Crippen LogP contribution is 2.48. The zero-order valence-electron chi connectivity index (χ0n) is 36.2. The lowest BCUT2D eigenvalue weighted by Gasteiger charge is -2.42. The highest BCUT2D eigenvalue weighted by Gasteiger charge is 2.45. The van der Waals surface area contributed by atoms with Crippen molar-refractivity contribution in [1.82, 2.24) is 0 Å². The molecule has 0 spiro atoms. The second-order valence-electron chi connectivity index (χ2n) is 17.6. The molecule has 0 N–H and O–H groups in total. The lowest BCUT2D eigenvalue weighted by Crippen LogP contribution is -2.63. The first-order chi connectivity index (χ1) is 33.2. The fraction of sp³-hybridized carbons (Fsp3) is 0. The average molecular weight is 889 g/mol. The largest absolute Gasteiger partial charge is 0.458 e. The van der Waals surface area contributed by atoms with Gasteiger partial charge in [0, 0.05) is 54.0 Å². The van der Waals surface area contributed by atoms with Gasteiger partial charge in [0.2, 0.25) is 6.71 Å². The Bertz CT molecular complexity index is 3550. The SMILES string of the molecule is c1ccc(-c2cc3c4c(c2)N(c2ccccc2-c2ccccc2)c2ccccc2B4c2cc4c(cc2S3)Oc2cc(N(c3ccccc3)c3ccccc3)cc3c2B4c2ccccc2S3)cc1. The number of rotatable bonds is 6. The number of anilines is 6. The van der Waals surface area contributed by atoms with Crippen molar-refractivity contribution in [3.63, 3.8) is 0 Å². The molecule has 14 rings (SSSR count). The number of ether oxygens (including phenoxy) is 1. The summed E-state index contributed by atoms with van der Waals surface area (Å²) in [6.07, 6.45) is 0. The van der Waals surface area contributed by atoms with Gasteiger partial charge >= 0.3 is 0 Å². The molecule has 0 aromatic heterocycles. The molecular weight excluding hydrogens is 850 g/mol. The maximum atomic E-state index is 7.29. The highest BCUT2D eigenvalue weighted by molar-refractivity contribution is 8.00. The van der Waals surface area contributed by atoms with Crippen molar-refractivity contribution in [2.75, 3.05) is 9.80 Å². The fourth-order valence-corrected chi connectivity index (χ4v) is 13.4. The molecule has 7 heteroatoms. The van der Waals surface area contributed by atoms with Gasteiger partial charge in [0.05, 0.1) is 11.4 Å². The van der Waals surface area contributed by atoms with Gasteiger partial charge in [-0.15, -0.1) is 0 Å². The quantitative estimate of drug-likeness (QED) is 0.154. The van der Waals surface area contributed by atoms with Crippen molar-refractivity contribution >= 4 is 104 Å². The molecule has 10 aromatic carbocycles. The number of hydrogen-bond acceptors (Lipinski definition) is 5. The number of para-hydroxylation sites is 4. The third-order valence-corrected chi connectivity index (χ3v) is 16.1. The average Bonchev–Trinajstić information content (AvgIpc) is 3.39. The summed E-state index contributed by atoms with van der Waals surface area (Å²) in [4.78, 5) is 9.89. The maximum Gasteiger partial charge on any atom is 0.253 e. The molecule has 0 fully saturated rings. The lowest BCUT2D eigenvalue weighted by molar-refractivity contribution is 0.485. The summed E-state index contributed by atoms with van der Waals surface area (Å²) in [6.45, 7) is 0.0151. The van der Waals surface area contributed by atoms with Gasteiger partial charge in [0.25, 0.3) is 6.71 Å². The fourth-order valence-electron chi connectivity index (χ4n) is 10.9. The van der Waals surface area contributed by atoms with Crippen LogP contribution in [-0.2, 0) is 0 Å². The minimum Gasteiger partial charge on any atom is -0.458 e. The van der Waals surface area contributed by atoms with E-state index in [1.807, 2.05) is 23.5 Å². The Balaban J connectivity index is 0.980. The Morgan fingerprint density at radius 1 is 0.343 bits per heavy atom. The summed E-state index contributed by atoms with van der Waals surface area (Å²) >= 11 is 3.73. The Hall–Kier alpha value is -7.57. The molecule has 4 aliphatic heterocycles. The molecule has 0 aliphatic carbocycles. The predicted octanol–water partition coefficient (Wildman–Crippen LogP) is 12.3. The molecule has 312 valence electrons. The van der Waals surface area contributed by atoms with Crippen molar-refractivity contribution in [3.05, 3.63) is 231 Å². The van der Waals surface area contributed by atoms with Crippen molar-refractivity contribution in [2.24, 2.45) is 0 Å². The molecule has 10 aromatic rings. The first-order valence-corrected chi connectivity index (χ1v) is 24.5. The van der Waals surface area contributed by atoms with Crippen LogP contribution in [0, 0.1) is 0 Å².